The number of carbonyl (C=O) groups excluding carboxylic acids is 1. The van der Waals surface area contributed by atoms with E-state index in [1.165, 1.54) is 24.3 Å². The van der Waals surface area contributed by atoms with Crippen LogP contribution in [0.2, 0.25) is 0 Å². The molecule has 1 aromatic carbocycles. The highest BCUT2D eigenvalue weighted by Gasteiger charge is 2.39. The molecule has 1 aromatic rings. The van der Waals surface area contributed by atoms with E-state index in [2.05, 4.69) is 0 Å². The summed E-state index contributed by atoms with van der Waals surface area (Å²) in [5.41, 5.74) is 0.833. The lowest BCUT2D eigenvalue weighted by atomic mass is 9.68. The first kappa shape index (κ1) is 14.1. The smallest absolute Gasteiger partial charge is 0.299 e. The first-order valence-electron chi connectivity index (χ1n) is 6.02. The molecule has 1 aliphatic carbocycles. The number of alkyl halides is 2. The van der Waals surface area contributed by atoms with Gasteiger partial charge in [-0.2, -0.15) is 8.78 Å². The van der Waals surface area contributed by atoms with Gasteiger partial charge in [-0.05, 0) is 24.1 Å². The molecule has 1 saturated carbocycles. The van der Waals surface area contributed by atoms with Crippen LogP contribution in [0, 0.1) is 5.92 Å². The van der Waals surface area contributed by atoms with Crippen molar-refractivity contribution in [1.29, 1.82) is 0 Å². The lowest BCUT2D eigenvalue weighted by molar-refractivity contribution is -0.131. The maximum absolute atomic E-state index is 12.4. The van der Waals surface area contributed by atoms with Crippen LogP contribution in [0.4, 0.5) is 8.78 Å². The zero-order chi connectivity index (χ0) is 14.2. The molecule has 0 radical (unpaired) electrons. The molecule has 104 valence electrons. The predicted octanol–water partition coefficient (Wildman–Crippen LogP) is 2.77. The fraction of sp³-hybridized carbons (Fsp3) is 0.462. The van der Waals surface area contributed by atoms with Crippen LogP contribution in [0.3, 0.4) is 0 Å². The van der Waals surface area contributed by atoms with Gasteiger partial charge in [-0.3, -0.25) is 4.79 Å². The number of carbonyl (C=O) groups is 1. The number of benzene rings is 1. The summed E-state index contributed by atoms with van der Waals surface area (Å²) in [6.45, 7) is 1.92. The second kappa shape index (κ2) is 5.00. The third kappa shape index (κ3) is 2.41. The Hall–Kier alpha value is -1.30. The molecule has 0 heterocycles. The number of sulfone groups is 1. The van der Waals surface area contributed by atoms with Crippen LogP contribution in [0.1, 0.15) is 31.2 Å². The number of hydrogen-bond acceptors (Lipinski definition) is 3. The van der Waals surface area contributed by atoms with Crippen LogP contribution in [-0.4, -0.2) is 20.0 Å². The van der Waals surface area contributed by atoms with E-state index in [4.69, 9.17) is 0 Å². The van der Waals surface area contributed by atoms with Gasteiger partial charge in [0.2, 0.25) is 9.84 Å². The van der Waals surface area contributed by atoms with Crippen LogP contribution < -0.4 is 0 Å². The Labute approximate surface area is 110 Å². The van der Waals surface area contributed by atoms with Crippen molar-refractivity contribution in [3.05, 3.63) is 29.8 Å². The molecule has 2 atom stereocenters. The standard InChI is InChI=1S/C13H14F2O3S/c1-2-10-11(7-12(10)16)8-3-5-9(6-4-8)19(17,18)13(14)15/h3-6,10-11,13H,2,7H2,1H3. The number of halogens is 2. The average Bonchev–Trinajstić information content (AvgIpc) is 2.36. The Kier molecular flexibility index (Phi) is 3.71. The van der Waals surface area contributed by atoms with Crippen LogP contribution >= 0.6 is 0 Å². The molecular weight excluding hydrogens is 274 g/mol. The third-order valence-electron chi connectivity index (χ3n) is 3.63. The summed E-state index contributed by atoms with van der Waals surface area (Å²) in [5, 5.41) is 0. The third-order valence-corrected chi connectivity index (χ3v) is 5.03. The minimum Gasteiger partial charge on any atom is -0.299 e. The molecule has 0 spiro atoms. The molecule has 0 bridgehead atoms. The number of Topliss-reactive ketones (excluding diaryl/α,β-unsaturated/α-hetero) is 1. The largest absolute Gasteiger partial charge is 0.341 e. The van der Waals surface area contributed by atoms with Crippen LogP contribution in [-0.2, 0) is 14.6 Å². The minimum atomic E-state index is -4.54. The zero-order valence-corrected chi connectivity index (χ0v) is 11.2. The highest BCUT2D eigenvalue weighted by atomic mass is 32.2. The van der Waals surface area contributed by atoms with Gasteiger partial charge in [-0.1, -0.05) is 19.1 Å². The number of rotatable bonds is 4. The van der Waals surface area contributed by atoms with E-state index in [0.717, 1.165) is 12.0 Å². The van der Waals surface area contributed by atoms with Crippen molar-refractivity contribution in [3.63, 3.8) is 0 Å². The fourth-order valence-corrected chi connectivity index (χ4v) is 3.17. The number of ketones is 1. The number of hydrogen-bond donors (Lipinski definition) is 0. The average molecular weight is 288 g/mol. The molecule has 6 heteroatoms. The summed E-state index contributed by atoms with van der Waals surface area (Å²) < 4.78 is 47.3. The Morgan fingerprint density at radius 1 is 1.26 bits per heavy atom. The monoisotopic (exact) mass is 288 g/mol. The topological polar surface area (TPSA) is 51.2 Å². The molecule has 3 nitrogen and oxygen atoms in total. The van der Waals surface area contributed by atoms with Crippen LogP contribution in [0.15, 0.2) is 29.2 Å². The molecule has 0 N–H and O–H groups in total. The molecule has 1 aliphatic rings. The Balaban J connectivity index is 2.23. The summed E-state index contributed by atoms with van der Waals surface area (Å²) >= 11 is 0. The van der Waals surface area contributed by atoms with Gasteiger partial charge in [0.15, 0.2) is 0 Å². The SMILES string of the molecule is CCC1C(=O)CC1c1ccc(S(=O)(=O)C(F)F)cc1. The van der Waals surface area contributed by atoms with Gasteiger partial charge in [0.05, 0.1) is 4.90 Å². The van der Waals surface area contributed by atoms with Crippen molar-refractivity contribution in [2.75, 3.05) is 0 Å². The molecule has 0 aromatic heterocycles. The van der Waals surface area contributed by atoms with Gasteiger partial charge < -0.3 is 0 Å². The quantitative estimate of drug-likeness (QED) is 0.856. The molecule has 0 amide bonds. The van der Waals surface area contributed by atoms with E-state index in [-0.39, 0.29) is 22.5 Å². The van der Waals surface area contributed by atoms with Crippen molar-refractivity contribution in [3.8, 4) is 0 Å². The lowest BCUT2D eigenvalue weighted by Gasteiger charge is -2.34. The van der Waals surface area contributed by atoms with Crippen LogP contribution in [0.25, 0.3) is 0 Å². The van der Waals surface area contributed by atoms with E-state index in [9.17, 15) is 22.0 Å². The van der Waals surface area contributed by atoms with Gasteiger partial charge in [0.25, 0.3) is 0 Å². The van der Waals surface area contributed by atoms with Crippen molar-refractivity contribution < 1.29 is 22.0 Å². The van der Waals surface area contributed by atoms with Crippen molar-refractivity contribution in [1.82, 2.24) is 0 Å². The highest BCUT2D eigenvalue weighted by molar-refractivity contribution is 7.91. The molecule has 1 fully saturated rings. The molecule has 0 aliphatic heterocycles. The minimum absolute atomic E-state index is 0.0300. The van der Waals surface area contributed by atoms with E-state index in [1.54, 1.807) is 0 Å². The van der Waals surface area contributed by atoms with E-state index >= 15 is 0 Å². The second-order valence-corrected chi connectivity index (χ2v) is 6.58. The van der Waals surface area contributed by atoms with E-state index < -0.39 is 15.6 Å². The van der Waals surface area contributed by atoms with Gasteiger partial charge in [-0.25, -0.2) is 8.42 Å². The molecule has 0 saturated heterocycles. The van der Waals surface area contributed by atoms with Crippen molar-refractivity contribution in [2.24, 2.45) is 5.92 Å². The Bertz CT molecular complexity index is 578. The summed E-state index contributed by atoms with van der Waals surface area (Å²) in [6.07, 6.45) is 1.18. The van der Waals surface area contributed by atoms with E-state index in [0.29, 0.717) is 6.42 Å². The summed E-state index contributed by atoms with van der Waals surface area (Å²) in [7, 11) is -4.54. The van der Waals surface area contributed by atoms with Gasteiger partial charge in [-0.15, -0.1) is 0 Å². The predicted molar refractivity (Wildman–Crippen MR) is 65.8 cm³/mol. The zero-order valence-electron chi connectivity index (χ0n) is 10.3. The van der Waals surface area contributed by atoms with Crippen molar-refractivity contribution in [2.45, 2.75) is 36.3 Å². The molecule has 2 rings (SSSR count). The van der Waals surface area contributed by atoms with E-state index in [1.807, 2.05) is 6.92 Å². The van der Waals surface area contributed by atoms with Gasteiger partial charge in [0.1, 0.15) is 5.78 Å². The Morgan fingerprint density at radius 2 is 1.84 bits per heavy atom. The summed E-state index contributed by atoms with van der Waals surface area (Å²) in [6, 6.07) is 5.42. The maximum Gasteiger partial charge on any atom is 0.341 e. The summed E-state index contributed by atoms with van der Waals surface area (Å²) in [4.78, 5) is 11.0. The lowest BCUT2D eigenvalue weighted by Crippen LogP contribution is -2.34. The van der Waals surface area contributed by atoms with Gasteiger partial charge >= 0.3 is 5.76 Å². The highest BCUT2D eigenvalue weighted by Crippen LogP contribution is 2.41. The second-order valence-electron chi connectivity index (χ2n) is 4.67. The molecule has 2 unspecified atom stereocenters. The molecular formula is C13H14F2O3S. The normalized spacial score (nSPS) is 23.5. The molecule has 19 heavy (non-hydrogen) atoms. The Morgan fingerprint density at radius 3 is 2.26 bits per heavy atom. The fourth-order valence-electron chi connectivity index (χ4n) is 2.44. The van der Waals surface area contributed by atoms with Crippen LogP contribution in [0.5, 0.6) is 0 Å². The summed E-state index contributed by atoms with van der Waals surface area (Å²) in [5.74, 6) is -3.15. The first-order chi connectivity index (χ1) is 8.87. The van der Waals surface area contributed by atoms with Gasteiger partial charge in [0, 0.05) is 18.3 Å². The maximum atomic E-state index is 12.4. The van der Waals surface area contributed by atoms with Crippen molar-refractivity contribution >= 4 is 15.6 Å². The first-order valence-corrected chi connectivity index (χ1v) is 7.57.